The van der Waals surface area contributed by atoms with Gasteiger partial charge in [0.15, 0.2) is 0 Å². The third-order valence-corrected chi connectivity index (χ3v) is 6.54. The van der Waals surface area contributed by atoms with Gasteiger partial charge in [0.25, 0.3) is 0 Å². The van der Waals surface area contributed by atoms with Gasteiger partial charge in [0.05, 0.1) is 26.4 Å². The summed E-state index contributed by atoms with van der Waals surface area (Å²) in [5.74, 6) is 0.797. The normalized spacial score (nSPS) is 24.4. The van der Waals surface area contributed by atoms with E-state index in [0.29, 0.717) is 13.2 Å². The van der Waals surface area contributed by atoms with E-state index in [2.05, 4.69) is 60.7 Å². The number of methoxy groups -OCH3 is 1. The van der Waals surface area contributed by atoms with Gasteiger partial charge in [0.1, 0.15) is 11.2 Å². The molecule has 0 radical (unpaired) electrons. The standard InChI is InChI=1S/C27H23NO2/c1-29-21-14-11-19(12-15-21)10-13-20-16-30-17-26-24-8-3-2-6-22(24)23-7-4-5-9-25(23)27(20,26)18-28/h2-15,20,26H,16-17H2,1H3/b13-10-/t20-,26+,27+/m1/s1. The maximum Gasteiger partial charge on any atom is 0.118 e. The molecule has 1 fully saturated rings. The van der Waals surface area contributed by atoms with Crippen molar-refractivity contribution < 1.29 is 9.47 Å². The van der Waals surface area contributed by atoms with E-state index in [9.17, 15) is 5.26 Å². The molecule has 0 saturated carbocycles. The fraction of sp³-hybridized carbons (Fsp3) is 0.222. The minimum absolute atomic E-state index is 0.00728. The van der Waals surface area contributed by atoms with E-state index in [0.717, 1.165) is 22.4 Å². The Bertz CT molecular complexity index is 1140. The average Bonchev–Trinajstić information content (AvgIpc) is 2.83. The fourth-order valence-corrected chi connectivity index (χ4v) is 5.05. The third kappa shape index (κ3) is 2.76. The molecule has 3 atom stereocenters. The molecule has 0 spiro atoms. The monoisotopic (exact) mass is 393 g/mol. The van der Waals surface area contributed by atoms with Gasteiger partial charge >= 0.3 is 0 Å². The minimum atomic E-state index is -0.647. The Hall–Kier alpha value is -3.35. The van der Waals surface area contributed by atoms with Crippen molar-refractivity contribution in [2.45, 2.75) is 11.3 Å². The smallest absolute Gasteiger partial charge is 0.118 e. The van der Waals surface area contributed by atoms with E-state index >= 15 is 0 Å². The Morgan fingerprint density at radius 1 is 0.967 bits per heavy atom. The molecular weight excluding hydrogens is 370 g/mol. The number of nitriles is 1. The molecule has 0 amide bonds. The molecule has 3 aromatic carbocycles. The molecule has 0 unspecified atom stereocenters. The average molecular weight is 393 g/mol. The van der Waals surface area contributed by atoms with Crippen molar-refractivity contribution in [1.82, 2.24) is 0 Å². The van der Waals surface area contributed by atoms with Gasteiger partial charge in [0.2, 0.25) is 0 Å². The molecule has 1 saturated heterocycles. The molecule has 0 bridgehead atoms. The minimum Gasteiger partial charge on any atom is -0.497 e. The summed E-state index contributed by atoms with van der Waals surface area (Å²) in [6.45, 7) is 1.10. The lowest BCUT2D eigenvalue weighted by Gasteiger charge is -2.48. The number of benzene rings is 3. The molecule has 3 aromatic rings. The second-order valence-corrected chi connectivity index (χ2v) is 7.94. The second-order valence-electron chi connectivity index (χ2n) is 7.94. The first-order chi connectivity index (χ1) is 14.8. The zero-order valence-electron chi connectivity index (χ0n) is 16.9. The molecule has 3 heteroatoms. The molecule has 2 aliphatic rings. The Balaban J connectivity index is 1.63. The Morgan fingerprint density at radius 2 is 1.70 bits per heavy atom. The van der Waals surface area contributed by atoms with Crippen LogP contribution in [-0.4, -0.2) is 20.3 Å². The van der Waals surface area contributed by atoms with Crippen LogP contribution in [0.2, 0.25) is 0 Å². The lowest BCUT2D eigenvalue weighted by Crippen LogP contribution is -2.49. The van der Waals surface area contributed by atoms with Crippen LogP contribution in [-0.2, 0) is 10.2 Å². The first kappa shape index (κ1) is 18.7. The van der Waals surface area contributed by atoms with E-state index in [1.54, 1.807) is 7.11 Å². The molecule has 1 aliphatic heterocycles. The topological polar surface area (TPSA) is 42.2 Å². The first-order valence-corrected chi connectivity index (χ1v) is 10.3. The highest BCUT2D eigenvalue weighted by molar-refractivity contribution is 5.78. The highest BCUT2D eigenvalue weighted by Crippen LogP contribution is 2.56. The largest absolute Gasteiger partial charge is 0.497 e. The summed E-state index contributed by atoms with van der Waals surface area (Å²) >= 11 is 0. The van der Waals surface area contributed by atoms with E-state index in [1.165, 1.54) is 11.1 Å². The Morgan fingerprint density at radius 3 is 2.47 bits per heavy atom. The lowest BCUT2D eigenvalue weighted by molar-refractivity contribution is 0.0171. The predicted molar refractivity (Wildman–Crippen MR) is 118 cm³/mol. The molecule has 3 nitrogen and oxygen atoms in total. The summed E-state index contributed by atoms with van der Waals surface area (Å²) in [6, 6.07) is 27.5. The quantitative estimate of drug-likeness (QED) is 0.583. The van der Waals surface area contributed by atoms with E-state index in [1.807, 2.05) is 30.3 Å². The molecule has 0 N–H and O–H groups in total. The maximum atomic E-state index is 10.6. The molecule has 0 aromatic heterocycles. The Labute approximate surface area is 177 Å². The molecule has 5 rings (SSSR count). The molecule has 1 heterocycles. The maximum absolute atomic E-state index is 10.6. The van der Waals surface area contributed by atoms with Gasteiger partial charge in [-0.1, -0.05) is 72.8 Å². The van der Waals surface area contributed by atoms with Gasteiger partial charge in [-0.05, 0) is 39.9 Å². The molecule has 30 heavy (non-hydrogen) atoms. The van der Waals surface area contributed by atoms with Crippen LogP contribution in [0.15, 0.2) is 78.9 Å². The van der Waals surface area contributed by atoms with Crippen molar-refractivity contribution in [2.24, 2.45) is 5.92 Å². The summed E-state index contributed by atoms with van der Waals surface area (Å²) in [7, 11) is 1.67. The van der Waals surface area contributed by atoms with Crippen LogP contribution in [0.25, 0.3) is 17.2 Å². The number of fused-ring (bicyclic) bond motifs is 6. The number of hydrogen-bond donors (Lipinski definition) is 0. The highest BCUT2D eigenvalue weighted by Gasteiger charge is 2.53. The van der Waals surface area contributed by atoms with Crippen LogP contribution >= 0.6 is 0 Å². The lowest BCUT2D eigenvalue weighted by atomic mass is 9.56. The summed E-state index contributed by atoms with van der Waals surface area (Å²) in [5, 5.41) is 10.6. The predicted octanol–water partition coefficient (Wildman–Crippen LogP) is 5.58. The summed E-state index contributed by atoms with van der Waals surface area (Å²) in [6.07, 6.45) is 4.25. The fourth-order valence-electron chi connectivity index (χ4n) is 5.05. The molecule has 1 aliphatic carbocycles. The van der Waals surface area contributed by atoms with Crippen LogP contribution in [0.3, 0.4) is 0 Å². The number of nitrogens with zero attached hydrogens (tertiary/aromatic N) is 1. The SMILES string of the molecule is COc1ccc(/C=C\[C@@H]2COC[C@H]3c4ccccc4-c4ccccc4[C@]23C#N)cc1. The van der Waals surface area contributed by atoms with E-state index in [4.69, 9.17) is 9.47 Å². The summed E-state index contributed by atoms with van der Waals surface area (Å²) in [4.78, 5) is 0. The second kappa shape index (κ2) is 7.48. The zero-order chi connectivity index (χ0) is 20.6. The van der Waals surface area contributed by atoms with Gasteiger partial charge in [-0.3, -0.25) is 0 Å². The van der Waals surface area contributed by atoms with Crippen molar-refractivity contribution in [3.63, 3.8) is 0 Å². The van der Waals surface area contributed by atoms with Crippen LogP contribution in [0.1, 0.15) is 22.6 Å². The summed E-state index contributed by atoms with van der Waals surface area (Å²) < 4.78 is 11.3. The van der Waals surface area contributed by atoms with Gasteiger partial charge in [-0.15, -0.1) is 0 Å². The van der Waals surface area contributed by atoms with Crippen molar-refractivity contribution in [1.29, 1.82) is 5.26 Å². The Kier molecular flexibility index (Phi) is 4.65. The zero-order valence-corrected chi connectivity index (χ0v) is 16.9. The van der Waals surface area contributed by atoms with Crippen molar-refractivity contribution in [3.8, 4) is 22.9 Å². The number of hydrogen-bond acceptors (Lipinski definition) is 3. The van der Waals surface area contributed by atoms with Crippen LogP contribution in [0, 0.1) is 17.2 Å². The van der Waals surface area contributed by atoms with Gasteiger partial charge < -0.3 is 9.47 Å². The van der Waals surface area contributed by atoms with Crippen molar-refractivity contribution in [3.05, 3.63) is 95.6 Å². The van der Waals surface area contributed by atoms with Crippen LogP contribution < -0.4 is 4.74 Å². The van der Waals surface area contributed by atoms with Crippen molar-refractivity contribution >= 4 is 6.08 Å². The van der Waals surface area contributed by atoms with Crippen molar-refractivity contribution in [2.75, 3.05) is 20.3 Å². The first-order valence-electron chi connectivity index (χ1n) is 10.3. The van der Waals surface area contributed by atoms with Gasteiger partial charge in [-0.2, -0.15) is 5.26 Å². The van der Waals surface area contributed by atoms with Crippen LogP contribution in [0.5, 0.6) is 5.75 Å². The summed E-state index contributed by atoms with van der Waals surface area (Å²) in [5.41, 5.74) is 5.13. The van der Waals surface area contributed by atoms with E-state index < -0.39 is 5.41 Å². The molecular formula is C27H23NO2. The third-order valence-electron chi connectivity index (χ3n) is 6.54. The van der Waals surface area contributed by atoms with Gasteiger partial charge in [0, 0.05) is 11.8 Å². The van der Waals surface area contributed by atoms with Gasteiger partial charge in [-0.25, -0.2) is 0 Å². The molecule has 148 valence electrons. The van der Waals surface area contributed by atoms with E-state index in [-0.39, 0.29) is 11.8 Å². The highest BCUT2D eigenvalue weighted by atomic mass is 16.5. The van der Waals surface area contributed by atoms with Crippen LogP contribution in [0.4, 0.5) is 0 Å². The number of ether oxygens (including phenoxy) is 2. The number of rotatable bonds is 3.